The standard InChI is InChI=1S/C34H48N8O6S2/c1-10-17(8)25-31-35-19(11-47-31)27(43)39-23(15(4)5)33-36-20(12-49-33)28(44)38-22(14(2)3)32-42-26(18(9)48-32)30(46)40-24(16(6)7)34-37-21(13-50-34)29(45)41-25/h12-19,22-26H,10-11H2,1-9H3,(H,38,44)(H,39,43)(H,40,46)(H,41,45)/t17?,18-,19+,22+,23-,24-,25+,26+/m1/s1. The predicted octanol–water partition coefficient (Wildman–Crippen LogP) is 3.82. The molecule has 272 valence electrons. The van der Waals surface area contributed by atoms with Crippen molar-refractivity contribution < 1.29 is 28.7 Å². The van der Waals surface area contributed by atoms with Crippen molar-refractivity contribution in [3.05, 3.63) is 32.2 Å². The molecular weight excluding hydrogens is 681 g/mol. The molecule has 3 aliphatic heterocycles. The van der Waals surface area contributed by atoms with Crippen LogP contribution in [-0.2, 0) is 19.1 Å². The fraction of sp³-hybridized carbons (Fsp3) is 0.647. The van der Waals surface area contributed by atoms with Gasteiger partial charge in [0, 0.05) is 10.8 Å². The lowest BCUT2D eigenvalue weighted by Gasteiger charge is -2.23. The first-order valence-electron chi connectivity index (χ1n) is 17.3. The topological polar surface area (TPSA) is 185 Å². The highest BCUT2D eigenvalue weighted by atomic mass is 32.1. The number of thiazole rings is 2. The van der Waals surface area contributed by atoms with Crippen molar-refractivity contribution in [2.75, 3.05) is 6.61 Å². The number of aliphatic imine (C=N–C) groups is 2. The molecule has 8 atom stereocenters. The summed E-state index contributed by atoms with van der Waals surface area (Å²) in [6, 6.07) is -3.86. The Morgan fingerprint density at radius 2 is 1.24 bits per heavy atom. The van der Waals surface area contributed by atoms with E-state index in [2.05, 4.69) is 41.2 Å². The first-order chi connectivity index (χ1) is 23.7. The Kier molecular flexibility index (Phi) is 11.6. The normalized spacial score (nSPS) is 28.5. The Bertz CT molecular complexity index is 1650. The minimum Gasteiger partial charge on any atom is -0.477 e. The van der Waals surface area contributed by atoms with E-state index in [0.717, 1.165) is 6.42 Å². The molecule has 5 heterocycles. The quantitative estimate of drug-likeness (QED) is 0.358. The second-order valence-electron chi connectivity index (χ2n) is 14.2. The molecule has 4 N–H and O–H groups in total. The molecule has 0 radical (unpaired) electrons. The average molecular weight is 729 g/mol. The molecule has 1 unspecified atom stereocenters. The lowest BCUT2D eigenvalue weighted by Crippen LogP contribution is -2.45. The summed E-state index contributed by atoms with van der Waals surface area (Å²) >= 11 is 2.56. The van der Waals surface area contributed by atoms with Crippen LogP contribution in [0.4, 0.5) is 0 Å². The number of rotatable bonds is 5. The molecular formula is C34H48N8O6S2. The van der Waals surface area contributed by atoms with Crippen molar-refractivity contribution in [2.24, 2.45) is 33.7 Å². The van der Waals surface area contributed by atoms with E-state index >= 15 is 0 Å². The summed E-state index contributed by atoms with van der Waals surface area (Å²) in [5.74, 6) is -1.24. The van der Waals surface area contributed by atoms with E-state index in [1.165, 1.54) is 22.7 Å². The van der Waals surface area contributed by atoms with Gasteiger partial charge in [-0.15, -0.1) is 22.7 Å². The van der Waals surface area contributed by atoms with E-state index in [9.17, 15) is 19.2 Å². The first kappa shape index (κ1) is 37.3. The molecule has 4 amide bonds. The minimum absolute atomic E-state index is 0.0269. The molecule has 14 nitrogen and oxygen atoms in total. The Hall–Kier alpha value is -3.92. The predicted molar refractivity (Wildman–Crippen MR) is 191 cm³/mol. The molecule has 16 heteroatoms. The third kappa shape index (κ3) is 8.01. The van der Waals surface area contributed by atoms with Gasteiger partial charge in [0.05, 0.1) is 12.1 Å². The molecule has 0 fully saturated rings. The summed E-state index contributed by atoms with van der Waals surface area (Å²) in [5.41, 5.74) is 0.404. The summed E-state index contributed by atoms with van der Waals surface area (Å²) in [4.78, 5) is 72.9. The molecule has 0 aliphatic carbocycles. The maximum Gasteiger partial charge on any atom is 0.271 e. The van der Waals surface area contributed by atoms with Crippen molar-refractivity contribution in [2.45, 2.75) is 111 Å². The number of carbonyl (C=O) groups excluding carboxylic acids is 4. The van der Waals surface area contributed by atoms with E-state index in [-0.39, 0.29) is 65.3 Å². The van der Waals surface area contributed by atoms with Crippen LogP contribution >= 0.6 is 22.7 Å². The van der Waals surface area contributed by atoms with Crippen LogP contribution in [0.2, 0.25) is 0 Å². The summed E-state index contributed by atoms with van der Waals surface area (Å²) in [6.45, 7) is 17.5. The molecule has 50 heavy (non-hydrogen) atoms. The number of hydrogen-bond donors (Lipinski definition) is 4. The van der Waals surface area contributed by atoms with E-state index in [1.54, 1.807) is 17.7 Å². The highest BCUT2D eigenvalue weighted by Gasteiger charge is 2.40. The van der Waals surface area contributed by atoms with Gasteiger partial charge < -0.3 is 30.7 Å². The monoisotopic (exact) mass is 728 g/mol. The van der Waals surface area contributed by atoms with Gasteiger partial charge in [-0.1, -0.05) is 61.8 Å². The van der Waals surface area contributed by atoms with Crippen LogP contribution in [0.1, 0.15) is 112 Å². The Morgan fingerprint density at radius 3 is 1.76 bits per heavy atom. The summed E-state index contributed by atoms with van der Waals surface area (Å²) in [5, 5.41) is 16.6. The second kappa shape index (κ2) is 15.5. The fourth-order valence-corrected chi connectivity index (χ4v) is 7.90. The molecule has 2 aromatic heterocycles. The van der Waals surface area contributed by atoms with Crippen LogP contribution in [0, 0.1) is 23.7 Å². The number of nitrogens with zero attached hydrogens (tertiary/aromatic N) is 4. The molecule has 3 aliphatic rings. The second-order valence-corrected chi connectivity index (χ2v) is 15.9. The third-order valence-electron chi connectivity index (χ3n) is 9.22. The van der Waals surface area contributed by atoms with Crippen molar-refractivity contribution in [1.29, 1.82) is 0 Å². The van der Waals surface area contributed by atoms with Crippen molar-refractivity contribution >= 4 is 58.1 Å². The maximum atomic E-state index is 13.7. The van der Waals surface area contributed by atoms with Crippen molar-refractivity contribution in [3.63, 3.8) is 0 Å². The van der Waals surface area contributed by atoms with Crippen molar-refractivity contribution in [3.8, 4) is 0 Å². The summed E-state index contributed by atoms with van der Waals surface area (Å²) in [7, 11) is 0. The molecule has 0 saturated heterocycles. The molecule has 5 rings (SSSR count). The van der Waals surface area contributed by atoms with Gasteiger partial charge in [0.15, 0.2) is 12.1 Å². The lowest BCUT2D eigenvalue weighted by molar-refractivity contribution is -0.125. The van der Waals surface area contributed by atoms with Crippen LogP contribution < -0.4 is 21.3 Å². The van der Waals surface area contributed by atoms with E-state index in [1.807, 2.05) is 55.4 Å². The number of carbonyl (C=O) groups is 4. The third-order valence-corrected chi connectivity index (χ3v) is 11.1. The van der Waals surface area contributed by atoms with Crippen LogP contribution in [-0.4, -0.2) is 82.3 Å². The number of amides is 4. The van der Waals surface area contributed by atoms with Gasteiger partial charge in [-0.3, -0.25) is 19.2 Å². The van der Waals surface area contributed by atoms with Gasteiger partial charge in [-0.2, -0.15) is 0 Å². The molecule has 2 aromatic rings. The number of fused-ring (bicyclic) bond motifs is 6. The van der Waals surface area contributed by atoms with Crippen LogP contribution in [0.25, 0.3) is 0 Å². The lowest BCUT2D eigenvalue weighted by atomic mass is 9.98. The average Bonchev–Trinajstić information content (AvgIpc) is 3.89. The minimum atomic E-state index is -0.855. The van der Waals surface area contributed by atoms with Gasteiger partial charge >= 0.3 is 0 Å². The van der Waals surface area contributed by atoms with E-state index in [0.29, 0.717) is 10.0 Å². The van der Waals surface area contributed by atoms with Gasteiger partial charge in [0.1, 0.15) is 46.2 Å². The van der Waals surface area contributed by atoms with Crippen LogP contribution in [0.5, 0.6) is 0 Å². The van der Waals surface area contributed by atoms with E-state index in [4.69, 9.17) is 9.47 Å². The summed E-state index contributed by atoms with van der Waals surface area (Å²) < 4.78 is 12.0. The van der Waals surface area contributed by atoms with Gasteiger partial charge in [-0.25, -0.2) is 20.0 Å². The first-order valence-corrected chi connectivity index (χ1v) is 19.0. The van der Waals surface area contributed by atoms with E-state index < -0.39 is 54.2 Å². The highest BCUT2D eigenvalue weighted by Crippen LogP contribution is 2.29. The van der Waals surface area contributed by atoms with Crippen molar-refractivity contribution in [1.82, 2.24) is 31.2 Å². The van der Waals surface area contributed by atoms with Gasteiger partial charge in [0.2, 0.25) is 23.6 Å². The van der Waals surface area contributed by atoms with Crippen LogP contribution in [0.3, 0.4) is 0 Å². The van der Waals surface area contributed by atoms with Crippen LogP contribution in [0.15, 0.2) is 20.7 Å². The molecule has 0 aromatic carbocycles. The molecule has 0 spiro atoms. The highest BCUT2D eigenvalue weighted by molar-refractivity contribution is 7.10. The van der Waals surface area contributed by atoms with Gasteiger partial charge in [0.25, 0.3) is 11.8 Å². The number of nitrogens with one attached hydrogen (secondary N) is 4. The maximum absolute atomic E-state index is 13.7. The Labute approximate surface area is 300 Å². The fourth-order valence-electron chi connectivity index (χ4n) is 5.86. The number of hydrogen-bond acceptors (Lipinski definition) is 12. The Morgan fingerprint density at radius 1 is 0.720 bits per heavy atom. The Balaban J connectivity index is 1.52. The molecule has 8 bridgehead atoms. The number of aromatic nitrogens is 2. The zero-order chi connectivity index (χ0) is 36.4. The van der Waals surface area contributed by atoms with Gasteiger partial charge in [-0.05, 0) is 30.6 Å². The zero-order valence-corrected chi connectivity index (χ0v) is 31.6. The largest absolute Gasteiger partial charge is 0.477 e. The number of ether oxygens (including phenoxy) is 2. The zero-order valence-electron chi connectivity index (χ0n) is 30.0. The molecule has 0 saturated carbocycles. The smallest absolute Gasteiger partial charge is 0.271 e. The summed E-state index contributed by atoms with van der Waals surface area (Å²) in [6.07, 6.45) is 0.136. The SMILES string of the molecule is CCC(C)[C@@H]1NC(=O)c2csc(n2)[C@@H](C(C)C)NC(=O)[C@H]2N=C(O[C@@H]2C)[C@H](C(C)C)NC(=O)c2csc(n2)[C@@H](C(C)C)NC(=O)[C@@H]2COC1=N2.